The van der Waals surface area contributed by atoms with Gasteiger partial charge in [-0.15, -0.1) is 11.3 Å². The van der Waals surface area contributed by atoms with Crippen molar-refractivity contribution >= 4 is 22.9 Å². The first-order valence-corrected chi connectivity index (χ1v) is 10.8. The molecule has 144 valence electrons. The number of amides is 2. The van der Waals surface area contributed by atoms with Crippen molar-refractivity contribution in [3.63, 3.8) is 0 Å². The molecule has 2 N–H and O–H groups in total. The summed E-state index contributed by atoms with van der Waals surface area (Å²) in [6.07, 6.45) is 7.06. The van der Waals surface area contributed by atoms with Crippen LogP contribution >= 0.6 is 11.3 Å². The summed E-state index contributed by atoms with van der Waals surface area (Å²) in [5, 5.41) is 18.3. The molecule has 1 unspecified atom stereocenters. The number of rotatable bonds is 4. The highest BCUT2D eigenvalue weighted by atomic mass is 32.1. The van der Waals surface area contributed by atoms with E-state index in [1.54, 1.807) is 23.5 Å². The SMILES string of the molecule is CCC1=C(c2nc(C3CCCCC3)cs2)C(c2ccc(C#N)cc2)NC(=O)N1. The topological polar surface area (TPSA) is 77.8 Å². The van der Waals surface area contributed by atoms with Crippen LogP contribution in [0.4, 0.5) is 4.79 Å². The molecule has 0 saturated heterocycles. The lowest BCUT2D eigenvalue weighted by molar-refractivity contribution is 0.240. The van der Waals surface area contributed by atoms with Crippen LogP contribution in [0.3, 0.4) is 0 Å². The second kappa shape index (κ2) is 8.15. The number of allylic oxidation sites excluding steroid dienone is 1. The largest absolute Gasteiger partial charge is 0.327 e. The van der Waals surface area contributed by atoms with E-state index in [9.17, 15) is 4.79 Å². The number of thiazole rings is 1. The van der Waals surface area contributed by atoms with Crippen LogP contribution in [0.2, 0.25) is 0 Å². The fourth-order valence-electron chi connectivity index (χ4n) is 4.15. The average Bonchev–Trinajstić information content (AvgIpc) is 3.23. The first-order valence-electron chi connectivity index (χ1n) is 9.96. The summed E-state index contributed by atoms with van der Waals surface area (Å²) in [6.45, 7) is 2.05. The van der Waals surface area contributed by atoms with E-state index >= 15 is 0 Å². The zero-order valence-electron chi connectivity index (χ0n) is 16.0. The quantitative estimate of drug-likeness (QED) is 0.747. The van der Waals surface area contributed by atoms with Crippen LogP contribution in [0.25, 0.3) is 5.57 Å². The maximum Gasteiger partial charge on any atom is 0.319 e. The molecule has 0 bridgehead atoms. The molecule has 2 aromatic rings. The van der Waals surface area contributed by atoms with Crippen molar-refractivity contribution in [2.24, 2.45) is 0 Å². The lowest BCUT2D eigenvalue weighted by Gasteiger charge is -2.29. The van der Waals surface area contributed by atoms with Gasteiger partial charge in [-0.3, -0.25) is 0 Å². The molecular formula is C22H24N4OS. The van der Waals surface area contributed by atoms with E-state index in [1.807, 2.05) is 19.1 Å². The minimum atomic E-state index is -0.262. The van der Waals surface area contributed by atoms with Crippen LogP contribution in [0.1, 0.15) is 79.2 Å². The molecule has 4 rings (SSSR count). The number of carbonyl (C=O) groups excluding carboxylic acids is 1. The van der Waals surface area contributed by atoms with E-state index < -0.39 is 0 Å². The molecule has 2 aliphatic rings. The minimum Gasteiger partial charge on any atom is -0.327 e. The summed E-state index contributed by atoms with van der Waals surface area (Å²) in [5.74, 6) is 0.559. The lowest BCUT2D eigenvalue weighted by Crippen LogP contribution is -2.43. The third kappa shape index (κ3) is 3.67. The van der Waals surface area contributed by atoms with E-state index in [0.717, 1.165) is 28.3 Å². The molecule has 2 amide bonds. The van der Waals surface area contributed by atoms with Crippen molar-refractivity contribution in [3.05, 3.63) is 57.2 Å². The highest BCUT2D eigenvalue weighted by molar-refractivity contribution is 7.10. The summed E-state index contributed by atoms with van der Waals surface area (Å²) >= 11 is 1.66. The number of hydrogen-bond donors (Lipinski definition) is 2. The predicted octanol–water partition coefficient (Wildman–Crippen LogP) is 5.24. The Labute approximate surface area is 169 Å². The van der Waals surface area contributed by atoms with E-state index in [1.165, 1.54) is 37.8 Å². The van der Waals surface area contributed by atoms with Gasteiger partial charge in [0.15, 0.2) is 0 Å². The first-order chi connectivity index (χ1) is 13.7. The number of benzene rings is 1. The minimum absolute atomic E-state index is 0.195. The van der Waals surface area contributed by atoms with Gasteiger partial charge in [-0.1, -0.05) is 38.3 Å². The highest BCUT2D eigenvalue weighted by Crippen LogP contribution is 2.39. The summed E-state index contributed by atoms with van der Waals surface area (Å²) in [7, 11) is 0. The molecule has 2 heterocycles. The smallest absolute Gasteiger partial charge is 0.319 e. The Kier molecular flexibility index (Phi) is 5.45. The fourth-order valence-corrected chi connectivity index (χ4v) is 5.15. The summed E-state index contributed by atoms with van der Waals surface area (Å²) in [4.78, 5) is 17.3. The van der Waals surface area contributed by atoms with Crippen molar-refractivity contribution in [2.75, 3.05) is 0 Å². The average molecular weight is 393 g/mol. The molecule has 1 atom stereocenters. The van der Waals surface area contributed by atoms with Gasteiger partial charge < -0.3 is 10.6 Å². The first kappa shape index (κ1) is 18.7. The Morgan fingerprint density at radius 2 is 1.96 bits per heavy atom. The van der Waals surface area contributed by atoms with Gasteiger partial charge in [-0.25, -0.2) is 9.78 Å². The van der Waals surface area contributed by atoms with Crippen molar-refractivity contribution in [1.82, 2.24) is 15.6 Å². The van der Waals surface area contributed by atoms with Gasteiger partial charge in [-0.05, 0) is 37.0 Å². The van der Waals surface area contributed by atoms with E-state index in [4.69, 9.17) is 10.2 Å². The maximum atomic E-state index is 12.2. The zero-order chi connectivity index (χ0) is 19.5. The number of aromatic nitrogens is 1. The van der Waals surface area contributed by atoms with Crippen molar-refractivity contribution in [3.8, 4) is 6.07 Å². The Morgan fingerprint density at radius 1 is 1.21 bits per heavy atom. The number of nitrogens with zero attached hydrogens (tertiary/aromatic N) is 2. The van der Waals surface area contributed by atoms with Gasteiger partial charge in [0.2, 0.25) is 0 Å². The Bertz CT molecular complexity index is 932. The van der Waals surface area contributed by atoms with Crippen molar-refractivity contribution in [1.29, 1.82) is 5.26 Å². The standard InChI is InChI=1S/C22H24N4OS/c1-2-17-19(21-24-18(13-28-21)15-6-4-3-5-7-15)20(26-22(27)25-17)16-10-8-14(12-23)9-11-16/h8-11,13,15,20H,2-7H2,1H3,(H2,25,26,27). The number of urea groups is 1. The third-order valence-electron chi connectivity index (χ3n) is 5.66. The van der Waals surface area contributed by atoms with Crippen LogP contribution in [-0.2, 0) is 0 Å². The normalized spacial score (nSPS) is 20.4. The zero-order valence-corrected chi connectivity index (χ0v) is 16.8. The number of hydrogen-bond acceptors (Lipinski definition) is 4. The van der Waals surface area contributed by atoms with E-state index in [0.29, 0.717) is 11.5 Å². The second-order valence-electron chi connectivity index (χ2n) is 7.42. The molecule has 1 aromatic carbocycles. The van der Waals surface area contributed by atoms with Crippen LogP contribution in [0.5, 0.6) is 0 Å². The molecular weight excluding hydrogens is 368 g/mol. The molecule has 1 fully saturated rings. The molecule has 1 aliphatic heterocycles. The van der Waals surface area contributed by atoms with Crippen molar-refractivity contribution in [2.45, 2.75) is 57.4 Å². The predicted molar refractivity (Wildman–Crippen MR) is 111 cm³/mol. The van der Waals surface area contributed by atoms with E-state index in [-0.39, 0.29) is 12.1 Å². The summed E-state index contributed by atoms with van der Waals surface area (Å²) in [6, 6.07) is 9.11. The summed E-state index contributed by atoms with van der Waals surface area (Å²) in [5.41, 5.74) is 4.72. The monoisotopic (exact) mass is 392 g/mol. The number of nitriles is 1. The second-order valence-corrected chi connectivity index (χ2v) is 8.28. The molecule has 1 saturated carbocycles. The molecule has 0 spiro atoms. The van der Waals surface area contributed by atoms with Crippen molar-refractivity contribution < 1.29 is 4.79 Å². The maximum absolute atomic E-state index is 12.2. The van der Waals surface area contributed by atoms with Crippen LogP contribution in [-0.4, -0.2) is 11.0 Å². The van der Waals surface area contributed by atoms with Gasteiger partial charge in [-0.2, -0.15) is 5.26 Å². The van der Waals surface area contributed by atoms with Crippen LogP contribution in [0, 0.1) is 11.3 Å². The lowest BCUT2D eigenvalue weighted by atomic mass is 9.87. The van der Waals surface area contributed by atoms with Gasteiger partial charge in [0.25, 0.3) is 0 Å². The molecule has 28 heavy (non-hydrogen) atoms. The van der Waals surface area contributed by atoms with Gasteiger partial charge in [0, 0.05) is 22.6 Å². The van der Waals surface area contributed by atoms with Gasteiger partial charge >= 0.3 is 6.03 Å². The Morgan fingerprint density at radius 3 is 2.64 bits per heavy atom. The van der Waals surface area contributed by atoms with Crippen LogP contribution in [0.15, 0.2) is 35.3 Å². The van der Waals surface area contributed by atoms with Crippen LogP contribution < -0.4 is 10.6 Å². The number of carbonyl (C=O) groups is 1. The molecule has 0 radical (unpaired) electrons. The fraction of sp³-hybridized carbons (Fsp3) is 0.409. The Balaban J connectivity index is 1.72. The Hall–Kier alpha value is -2.65. The highest BCUT2D eigenvalue weighted by Gasteiger charge is 2.31. The van der Waals surface area contributed by atoms with E-state index in [2.05, 4.69) is 22.1 Å². The molecule has 6 heteroatoms. The van der Waals surface area contributed by atoms with Gasteiger partial charge in [0.1, 0.15) is 5.01 Å². The molecule has 1 aromatic heterocycles. The molecule has 5 nitrogen and oxygen atoms in total. The number of nitrogens with one attached hydrogen (secondary N) is 2. The third-order valence-corrected chi connectivity index (χ3v) is 6.55. The summed E-state index contributed by atoms with van der Waals surface area (Å²) < 4.78 is 0. The molecule has 1 aliphatic carbocycles. The van der Waals surface area contributed by atoms with Gasteiger partial charge in [0.05, 0.1) is 23.4 Å².